The van der Waals surface area contributed by atoms with Gasteiger partial charge in [-0.05, 0) is 50.1 Å². The third-order valence-electron chi connectivity index (χ3n) is 6.21. The second kappa shape index (κ2) is 10.9. The van der Waals surface area contributed by atoms with Gasteiger partial charge in [0.05, 0.1) is 18.4 Å². The predicted molar refractivity (Wildman–Crippen MR) is 131 cm³/mol. The van der Waals surface area contributed by atoms with Crippen LogP contribution in [0, 0.1) is 13.8 Å². The molecule has 0 radical (unpaired) electrons. The predicted octanol–water partition coefficient (Wildman–Crippen LogP) is 4.59. The number of amides is 1. The van der Waals surface area contributed by atoms with Crippen molar-refractivity contribution in [2.24, 2.45) is 0 Å². The van der Waals surface area contributed by atoms with E-state index in [4.69, 9.17) is 9.26 Å². The average Bonchev–Trinajstić information content (AvgIpc) is 3.18. The quantitative estimate of drug-likeness (QED) is 0.454. The number of carbonyl (C=O) groups is 1. The Morgan fingerprint density at radius 1 is 1.06 bits per heavy atom. The molecule has 3 aromatic rings. The van der Waals surface area contributed by atoms with Crippen LogP contribution in [0.1, 0.15) is 32.9 Å². The maximum Gasteiger partial charge on any atom is 0.255 e. The summed E-state index contributed by atoms with van der Waals surface area (Å²) in [7, 11) is 1.69. The highest BCUT2D eigenvalue weighted by molar-refractivity contribution is 7.98. The SMILES string of the molecule is COc1ccc(CCN2CCN(C(=O)c3ccccc3SCc3c(C)noc3C)CC2)cc1. The summed E-state index contributed by atoms with van der Waals surface area (Å²) in [6, 6.07) is 16.2. The Hall–Kier alpha value is -2.77. The van der Waals surface area contributed by atoms with Crippen molar-refractivity contribution in [3.8, 4) is 5.75 Å². The van der Waals surface area contributed by atoms with Gasteiger partial charge < -0.3 is 14.2 Å². The van der Waals surface area contributed by atoms with Crippen molar-refractivity contribution in [1.29, 1.82) is 0 Å². The van der Waals surface area contributed by atoms with Crippen molar-refractivity contribution in [2.45, 2.75) is 30.9 Å². The van der Waals surface area contributed by atoms with Gasteiger partial charge in [-0.3, -0.25) is 9.69 Å². The Bertz CT molecular complexity index is 1050. The Labute approximate surface area is 199 Å². The maximum absolute atomic E-state index is 13.3. The van der Waals surface area contributed by atoms with Gasteiger partial charge in [0, 0.05) is 48.9 Å². The lowest BCUT2D eigenvalue weighted by atomic mass is 10.1. The second-order valence-corrected chi connectivity index (χ2v) is 9.34. The zero-order valence-corrected chi connectivity index (χ0v) is 20.4. The van der Waals surface area contributed by atoms with E-state index in [2.05, 4.69) is 22.2 Å². The van der Waals surface area contributed by atoms with Gasteiger partial charge in [-0.15, -0.1) is 11.8 Å². The molecule has 7 heteroatoms. The van der Waals surface area contributed by atoms with Gasteiger partial charge in [0.25, 0.3) is 5.91 Å². The van der Waals surface area contributed by atoms with Crippen molar-refractivity contribution in [3.05, 3.63) is 76.7 Å². The number of ether oxygens (including phenoxy) is 1. The first-order valence-electron chi connectivity index (χ1n) is 11.3. The Balaban J connectivity index is 1.31. The fourth-order valence-corrected chi connectivity index (χ4v) is 5.25. The molecule has 0 aliphatic carbocycles. The third kappa shape index (κ3) is 5.78. The van der Waals surface area contributed by atoms with Gasteiger partial charge >= 0.3 is 0 Å². The molecule has 1 aromatic heterocycles. The highest BCUT2D eigenvalue weighted by Gasteiger charge is 2.24. The minimum absolute atomic E-state index is 0.117. The minimum atomic E-state index is 0.117. The molecule has 33 heavy (non-hydrogen) atoms. The van der Waals surface area contributed by atoms with E-state index in [1.807, 2.05) is 55.1 Å². The van der Waals surface area contributed by atoms with Crippen LogP contribution in [0.3, 0.4) is 0 Å². The van der Waals surface area contributed by atoms with Gasteiger partial charge in [0.1, 0.15) is 11.5 Å². The third-order valence-corrected chi connectivity index (χ3v) is 7.31. The molecule has 174 valence electrons. The van der Waals surface area contributed by atoms with Crippen LogP contribution >= 0.6 is 11.8 Å². The summed E-state index contributed by atoms with van der Waals surface area (Å²) in [6.45, 7) is 8.19. The van der Waals surface area contributed by atoms with E-state index in [0.717, 1.165) is 78.1 Å². The van der Waals surface area contributed by atoms with Crippen LogP contribution in [0.5, 0.6) is 5.75 Å². The fourth-order valence-electron chi connectivity index (χ4n) is 4.05. The minimum Gasteiger partial charge on any atom is -0.497 e. The van der Waals surface area contributed by atoms with E-state index in [1.165, 1.54) is 5.56 Å². The van der Waals surface area contributed by atoms with Crippen LogP contribution in [0.4, 0.5) is 0 Å². The smallest absolute Gasteiger partial charge is 0.255 e. The summed E-state index contributed by atoms with van der Waals surface area (Å²) in [5.41, 5.74) is 4.10. The first kappa shape index (κ1) is 23.4. The van der Waals surface area contributed by atoms with Crippen molar-refractivity contribution in [1.82, 2.24) is 15.0 Å². The molecule has 1 fully saturated rings. The van der Waals surface area contributed by atoms with E-state index < -0.39 is 0 Å². The summed E-state index contributed by atoms with van der Waals surface area (Å²) >= 11 is 1.67. The van der Waals surface area contributed by atoms with Crippen molar-refractivity contribution in [3.63, 3.8) is 0 Å². The van der Waals surface area contributed by atoms with Gasteiger partial charge in [0.15, 0.2) is 0 Å². The highest BCUT2D eigenvalue weighted by atomic mass is 32.2. The lowest BCUT2D eigenvalue weighted by Gasteiger charge is -2.35. The number of hydrogen-bond donors (Lipinski definition) is 0. The summed E-state index contributed by atoms with van der Waals surface area (Å²) in [5.74, 6) is 2.59. The number of carbonyl (C=O) groups excluding carboxylic acids is 1. The van der Waals surface area contributed by atoms with Crippen molar-refractivity contribution in [2.75, 3.05) is 39.8 Å². The van der Waals surface area contributed by atoms with Gasteiger partial charge in [-0.2, -0.15) is 0 Å². The number of hydrogen-bond acceptors (Lipinski definition) is 6. The summed E-state index contributed by atoms with van der Waals surface area (Å²) in [4.78, 5) is 18.7. The monoisotopic (exact) mass is 465 g/mol. The van der Waals surface area contributed by atoms with E-state index >= 15 is 0 Å². The maximum atomic E-state index is 13.3. The van der Waals surface area contributed by atoms with Crippen LogP contribution in [-0.2, 0) is 12.2 Å². The number of benzene rings is 2. The number of aromatic nitrogens is 1. The summed E-state index contributed by atoms with van der Waals surface area (Å²) < 4.78 is 10.5. The molecule has 1 amide bonds. The molecule has 6 nitrogen and oxygen atoms in total. The molecule has 0 spiro atoms. The molecule has 2 aromatic carbocycles. The Morgan fingerprint density at radius 3 is 2.45 bits per heavy atom. The molecule has 1 aliphatic heterocycles. The number of aryl methyl sites for hydroxylation is 2. The highest BCUT2D eigenvalue weighted by Crippen LogP contribution is 2.29. The fraction of sp³-hybridized carbons (Fsp3) is 0.385. The molecular weight excluding hydrogens is 434 g/mol. The molecule has 0 saturated carbocycles. The Morgan fingerprint density at radius 2 is 1.79 bits per heavy atom. The average molecular weight is 466 g/mol. The van der Waals surface area contributed by atoms with Crippen LogP contribution in [0.2, 0.25) is 0 Å². The summed E-state index contributed by atoms with van der Waals surface area (Å²) in [5, 5.41) is 4.03. The van der Waals surface area contributed by atoms with Crippen LogP contribution in [-0.4, -0.2) is 60.7 Å². The lowest BCUT2D eigenvalue weighted by molar-refractivity contribution is 0.0635. The topological polar surface area (TPSA) is 58.8 Å². The molecule has 1 saturated heterocycles. The van der Waals surface area contributed by atoms with Crippen LogP contribution in [0.25, 0.3) is 0 Å². The van der Waals surface area contributed by atoms with Gasteiger partial charge in [0.2, 0.25) is 0 Å². The number of methoxy groups -OCH3 is 1. The number of rotatable bonds is 8. The molecule has 0 N–H and O–H groups in total. The standard InChI is InChI=1S/C26H31N3O3S/c1-19-24(20(2)32-27-19)18-33-25-7-5-4-6-23(25)26(30)29-16-14-28(15-17-29)13-12-21-8-10-22(31-3)11-9-21/h4-11H,12-18H2,1-3H3. The van der Waals surface area contributed by atoms with E-state index in [1.54, 1.807) is 18.9 Å². The van der Waals surface area contributed by atoms with E-state index in [0.29, 0.717) is 0 Å². The summed E-state index contributed by atoms with van der Waals surface area (Å²) in [6.07, 6.45) is 0.999. The molecule has 0 atom stereocenters. The van der Waals surface area contributed by atoms with E-state index in [9.17, 15) is 4.79 Å². The van der Waals surface area contributed by atoms with Crippen LogP contribution < -0.4 is 4.74 Å². The lowest BCUT2D eigenvalue weighted by Crippen LogP contribution is -2.49. The molecule has 2 heterocycles. The normalized spacial score (nSPS) is 14.5. The van der Waals surface area contributed by atoms with Crippen molar-refractivity contribution >= 4 is 17.7 Å². The Kier molecular flexibility index (Phi) is 7.73. The number of thioether (sulfide) groups is 1. The molecule has 0 unspecified atom stereocenters. The number of piperazine rings is 1. The van der Waals surface area contributed by atoms with Gasteiger partial charge in [-0.25, -0.2) is 0 Å². The first-order valence-corrected chi connectivity index (χ1v) is 12.3. The second-order valence-electron chi connectivity index (χ2n) is 8.32. The van der Waals surface area contributed by atoms with E-state index in [-0.39, 0.29) is 5.91 Å². The van der Waals surface area contributed by atoms with Crippen LogP contribution in [0.15, 0.2) is 57.9 Å². The zero-order chi connectivity index (χ0) is 23.2. The number of nitrogens with zero attached hydrogens (tertiary/aromatic N) is 3. The molecule has 0 bridgehead atoms. The zero-order valence-electron chi connectivity index (χ0n) is 19.5. The largest absolute Gasteiger partial charge is 0.497 e. The molecular formula is C26H31N3O3S. The molecule has 4 rings (SSSR count). The molecule has 1 aliphatic rings. The van der Waals surface area contributed by atoms with Crippen molar-refractivity contribution < 1.29 is 14.1 Å². The first-order chi connectivity index (χ1) is 16.0. The van der Waals surface area contributed by atoms with Gasteiger partial charge in [-0.1, -0.05) is 29.4 Å².